The third-order valence-corrected chi connectivity index (χ3v) is 6.24. The summed E-state index contributed by atoms with van der Waals surface area (Å²) in [6.45, 7) is 16.7. The molecule has 3 rings (SSSR count). The van der Waals surface area contributed by atoms with Crippen LogP contribution < -0.4 is 10.6 Å². The number of nitrogens with one attached hydrogen (secondary N) is 2. The standard InChI is InChI=1S/C25H34ClN5O3/c1-8-22(33)30-12-16(13-30)29-24(34)23-15(4)28-21(31(23)14(2)3)11-27-19-9-17(25(5,6)7)18(26)10-20(19)32/h8-10,14,16,27,32H,1,11-13H2,2-7H3,(H,29,34). The largest absolute Gasteiger partial charge is 0.506 e. The average Bonchev–Trinajstić information content (AvgIpc) is 3.04. The van der Waals surface area contributed by atoms with Crippen LogP contribution in [0.3, 0.4) is 0 Å². The second-order valence-corrected chi connectivity index (χ2v) is 10.4. The third kappa shape index (κ3) is 5.22. The van der Waals surface area contributed by atoms with Crippen LogP contribution in [-0.4, -0.2) is 50.5 Å². The Bertz CT molecular complexity index is 1110. The Kier molecular flexibility index (Phi) is 7.31. The molecule has 34 heavy (non-hydrogen) atoms. The number of amides is 2. The quantitative estimate of drug-likeness (QED) is 0.402. The topological polar surface area (TPSA) is 99.5 Å². The molecule has 8 nitrogen and oxygen atoms in total. The van der Waals surface area contributed by atoms with E-state index in [0.717, 1.165) is 5.56 Å². The Hall–Kier alpha value is -3.00. The fourth-order valence-electron chi connectivity index (χ4n) is 4.14. The SMILES string of the molecule is C=CC(=O)N1CC(NC(=O)c2c(C)nc(CNc3cc(C(C)(C)C)c(Cl)cc3O)n2C(C)C)C1. The van der Waals surface area contributed by atoms with Crippen LogP contribution in [0.4, 0.5) is 5.69 Å². The number of carbonyl (C=O) groups is 2. The van der Waals surface area contributed by atoms with Crippen molar-refractivity contribution in [2.24, 2.45) is 0 Å². The van der Waals surface area contributed by atoms with Crippen LogP contribution in [0.5, 0.6) is 5.75 Å². The molecule has 0 bridgehead atoms. The van der Waals surface area contributed by atoms with Crippen molar-refractivity contribution in [3.8, 4) is 5.75 Å². The summed E-state index contributed by atoms with van der Waals surface area (Å²) in [5.74, 6) is 0.382. The number of anilines is 1. The summed E-state index contributed by atoms with van der Waals surface area (Å²) in [7, 11) is 0. The van der Waals surface area contributed by atoms with Crippen LogP contribution in [0, 0.1) is 6.92 Å². The highest BCUT2D eigenvalue weighted by Gasteiger charge is 2.32. The number of carbonyl (C=O) groups excluding carboxylic acids is 2. The number of nitrogens with zero attached hydrogens (tertiary/aromatic N) is 3. The summed E-state index contributed by atoms with van der Waals surface area (Å²) in [5.41, 5.74) is 2.40. The summed E-state index contributed by atoms with van der Waals surface area (Å²) in [6, 6.07) is 3.29. The Labute approximate surface area is 206 Å². The minimum absolute atomic E-state index is 0.0112. The molecule has 184 valence electrons. The average molecular weight is 488 g/mol. The monoisotopic (exact) mass is 487 g/mol. The van der Waals surface area contributed by atoms with Crippen LogP contribution in [-0.2, 0) is 16.8 Å². The van der Waals surface area contributed by atoms with Gasteiger partial charge in [0.05, 0.1) is 24.0 Å². The molecule has 0 atom stereocenters. The van der Waals surface area contributed by atoms with Crippen molar-refractivity contribution in [3.05, 3.63) is 52.6 Å². The molecular weight excluding hydrogens is 454 g/mol. The molecule has 1 saturated heterocycles. The van der Waals surface area contributed by atoms with Gasteiger partial charge in [-0.1, -0.05) is 39.0 Å². The molecule has 0 aliphatic carbocycles. The molecule has 2 amide bonds. The van der Waals surface area contributed by atoms with E-state index in [-0.39, 0.29) is 35.1 Å². The zero-order valence-corrected chi connectivity index (χ0v) is 21.5. The lowest BCUT2D eigenvalue weighted by atomic mass is 9.86. The summed E-state index contributed by atoms with van der Waals surface area (Å²) in [5, 5.41) is 17.2. The van der Waals surface area contributed by atoms with E-state index in [9.17, 15) is 14.7 Å². The number of halogens is 1. The van der Waals surface area contributed by atoms with E-state index < -0.39 is 0 Å². The van der Waals surface area contributed by atoms with Gasteiger partial charge in [0.2, 0.25) is 5.91 Å². The van der Waals surface area contributed by atoms with Gasteiger partial charge in [0.25, 0.3) is 5.91 Å². The summed E-state index contributed by atoms with van der Waals surface area (Å²) in [6.07, 6.45) is 1.28. The van der Waals surface area contributed by atoms with Crippen LogP contribution in [0.25, 0.3) is 0 Å². The number of hydrogen-bond acceptors (Lipinski definition) is 5. The summed E-state index contributed by atoms with van der Waals surface area (Å²) < 4.78 is 1.90. The van der Waals surface area contributed by atoms with E-state index in [1.165, 1.54) is 6.08 Å². The van der Waals surface area contributed by atoms with Gasteiger partial charge < -0.3 is 25.2 Å². The molecular formula is C25H34ClN5O3. The van der Waals surface area contributed by atoms with Crippen molar-refractivity contribution in [1.29, 1.82) is 0 Å². The third-order valence-electron chi connectivity index (χ3n) is 5.92. The molecule has 0 spiro atoms. The predicted octanol–water partition coefficient (Wildman–Crippen LogP) is 4.17. The maximum atomic E-state index is 13.1. The molecule has 3 N–H and O–H groups in total. The number of aromatic hydroxyl groups is 1. The lowest BCUT2D eigenvalue weighted by Gasteiger charge is -2.39. The van der Waals surface area contributed by atoms with Crippen LogP contribution in [0.1, 0.15) is 68.2 Å². The first-order chi connectivity index (χ1) is 15.8. The number of aryl methyl sites for hydroxylation is 1. The zero-order valence-electron chi connectivity index (χ0n) is 20.7. The smallest absolute Gasteiger partial charge is 0.270 e. The van der Waals surface area contributed by atoms with E-state index in [4.69, 9.17) is 11.6 Å². The van der Waals surface area contributed by atoms with Gasteiger partial charge in [-0.3, -0.25) is 9.59 Å². The minimum Gasteiger partial charge on any atom is -0.506 e. The molecule has 2 aromatic rings. The molecule has 1 aromatic heterocycles. The van der Waals surface area contributed by atoms with Crippen molar-refractivity contribution in [2.75, 3.05) is 18.4 Å². The second kappa shape index (κ2) is 9.70. The highest BCUT2D eigenvalue weighted by atomic mass is 35.5. The first-order valence-electron chi connectivity index (χ1n) is 11.4. The van der Waals surface area contributed by atoms with Crippen LogP contribution in [0.2, 0.25) is 5.02 Å². The lowest BCUT2D eigenvalue weighted by molar-refractivity contribution is -0.130. The number of rotatable bonds is 7. The molecule has 1 aliphatic heterocycles. The molecule has 1 fully saturated rings. The van der Waals surface area contributed by atoms with E-state index >= 15 is 0 Å². The molecule has 0 unspecified atom stereocenters. The predicted molar refractivity (Wildman–Crippen MR) is 135 cm³/mol. The molecule has 1 aliphatic rings. The van der Waals surface area contributed by atoms with Gasteiger partial charge in [-0.25, -0.2) is 4.98 Å². The number of phenols is 1. The van der Waals surface area contributed by atoms with Crippen molar-refractivity contribution < 1.29 is 14.7 Å². The lowest BCUT2D eigenvalue weighted by Crippen LogP contribution is -2.60. The molecule has 2 heterocycles. The Balaban J connectivity index is 1.80. The van der Waals surface area contributed by atoms with Gasteiger partial charge in [-0.05, 0) is 43.9 Å². The van der Waals surface area contributed by atoms with Gasteiger partial charge in [0.1, 0.15) is 17.3 Å². The van der Waals surface area contributed by atoms with Crippen molar-refractivity contribution >= 4 is 29.1 Å². The van der Waals surface area contributed by atoms with Gasteiger partial charge in [-0.15, -0.1) is 0 Å². The minimum atomic E-state index is -0.218. The van der Waals surface area contributed by atoms with E-state index in [1.807, 2.05) is 31.4 Å². The van der Waals surface area contributed by atoms with Crippen LogP contribution in [0.15, 0.2) is 24.8 Å². The highest BCUT2D eigenvalue weighted by molar-refractivity contribution is 6.31. The Morgan fingerprint density at radius 2 is 1.97 bits per heavy atom. The highest BCUT2D eigenvalue weighted by Crippen LogP contribution is 2.37. The number of imidazole rings is 1. The number of phenolic OH excluding ortho intramolecular Hbond substituents is 1. The normalized spacial score (nSPS) is 14.2. The summed E-state index contributed by atoms with van der Waals surface area (Å²) >= 11 is 6.35. The number of likely N-dealkylation sites (tertiary alicyclic amines) is 1. The van der Waals surface area contributed by atoms with Crippen molar-refractivity contribution in [1.82, 2.24) is 19.8 Å². The van der Waals surface area contributed by atoms with Crippen molar-refractivity contribution in [3.63, 3.8) is 0 Å². The molecule has 0 radical (unpaired) electrons. The fraction of sp³-hybridized carbons (Fsp3) is 0.480. The first kappa shape index (κ1) is 25.6. The van der Waals surface area contributed by atoms with Gasteiger partial charge >= 0.3 is 0 Å². The Morgan fingerprint density at radius 1 is 1.32 bits per heavy atom. The van der Waals surface area contributed by atoms with Gasteiger partial charge in [-0.2, -0.15) is 0 Å². The van der Waals surface area contributed by atoms with E-state index in [2.05, 4.69) is 43.0 Å². The summed E-state index contributed by atoms with van der Waals surface area (Å²) in [4.78, 5) is 31.0. The van der Waals surface area contributed by atoms with Gasteiger partial charge in [0.15, 0.2) is 0 Å². The molecule has 0 saturated carbocycles. The second-order valence-electron chi connectivity index (χ2n) is 10.00. The van der Waals surface area contributed by atoms with Crippen molar-refractivity contribution in [2.45, 2.75) is 65.6 Å². The molecule has 1 aromatic carbocycles. The van der Waals surface area contributed by atoms with E-state index in [0.29, 0.717) is 47.6 Å². The number of aromatic nitrogens is 2. The van der Waals surface area contributed by atoms with Gasteiger partial charge in [0, 0.05) is 30.2 Å². The Morgan fingerprint density at radius 3 is 2.53 bits per heavy atom. The van der Waals surface area contributed by atoms with E-state index in [1.54, 1.807) is 11.0 Å². The molecule has 9 heteroatoms. The number of benzene rings is 1. The maximum Gasteiger partial charge on any atom is 0.270 e. The zero-order chi connectivity index (χ0) is 25.4. The maximum absolute atomic E-state index is 13.1. The fourth-order valence-corrected chi connectivity index (χ4v) is 4.59. The first-order valence-corrected chi connectivity index (χ1v) is 11.8. The number of hydrogen-bond donors (Lipinski definition) is 3. The van der Waals surface area contributed by atoms with Crippen LogP contribution >= 0.6 is 11.6 Å².